The van der Waals surface area contributed by atoms with E-state index in [0.29, 0.717) is 10.6 Å². The third-order valence-corrected chi connectivity index (χ3v) is 4.75. The Morgan fingerprint density at radius 3 is 2.50 bits per heavy atom. The van der Waals surface area contributed by atoms with Crippen LogP contribution in [0, 0.1) is 12.7 Å². The summed E-state index contributed by atoms with van der Waals surface area (Å²) in [5.74, 6) is -1.54. The number of benzene rings is 2. The summed E-state index contributed by atoms with van der Waals surface area (Å²) >= 11 is 1.22. The van der Waals surface area contributed by atoms with E-state index in [1.807, 2.05) is 31.2 Å². The second-order valence-corrected chi connectivity index (χ2v) is 6.56. The highest BCUT2D eigenvalue weighted by molar-refractivity contribution is 7.15. The molecule has 0 atom stereocenters. The molecule has 0 aliphatic carbocycles. The van der Waals surface area contributed by atoms with Crippen LogP contribution in [-0.4, -0.2) is 19.0 Å². The highest BCUT2D eigenvalue weighted by Gasteiger charge is 2.22. The van der Waals surface area contributed by atoms with E-state index in [4.69, 9.17) is 4.74 Å². The van der Waals surface area contributed by atoms with Gasteiger partial charge in [0.1, 0.15) is 16.4 Å². The van der Waals surface area contributed by atoms with Crippen LogP contribution in [0.2, 0.25) is 0 Å². The minimum absolute atomic E-state index is 0.172. The Morgan fingerprint density at radius 1 is 1.12 bits per heavy atom. The summed E-state index contributed by atoms with van der Waals surface area (Å²) in [6.45, 7) is 1.98. The largest absolute Gasteiger partial charge is 0.465 e. The van der Waals surface area contributed by atoms with Gasteiger partial charge in [-0.15, -0.1) is 11.3 Å². The first-order valence-electron chi connectivity index (χ1n) is 7.83. The van der Waals surface area contributed by atoms with Gasteiger partial charge in [0.25, 0.3) is 5.91 Å². The van der Waals surface area contributed by atoms with Crippen LogP contribution in [0.15, 0.2) is 53.9 Å². The Balaban J connectivity index is 1.98. The van der Waals surface area contributed by atoms with Gasteiger partial charge in [-0.05, 0) is 30.7 Å². The van der Waals surface area contributed by atoms with Crippen molar-refractivity contribution in [3.05, 3.63) is 76.4 Å². The molecule has 0 aliphatic heterocycles. The van der Waals surface area contributed by atoms with Crippen LogP contribution in [0.1, 0.15) is 26.3 Å². The van der Waals surface area contributed by atoms with E-state index < -0.39 is 17.7 Å². The molecular weight excluding hydrogens is 353 g/mol. The number of carbonyl (C=O) groups excluding carboxylic acids is 2. The van der Waals surface area contributed by atoms with Crippen molar-refractivity contribution in [2.75, 3.05) is 12.4 Å². The lowest BCUT2D eigenvalue weighted by Crippen LogP contribution is -2.14. The van der Waals surface area contributed by atoms with E-state index in [9.17, 15) is 14.0 Å². The fraction of sp³-hybridized carbons (Fsp3) is 0.100. The Kier molecular flexibility index (Phi) is 5.14. The third kappa shape index (κ3) is 3.65. The Labute approximate surface area is 154 Å². The summed E-state index contributed by atoms with van der Waals surface area (Å²) in [5, 5.41) is 4.84. The first-order chi connectivity index (χ1) is 12.5. The normalized spacial score (nSPS) is 10.4. The maximum absolute atomic E-state index is 13.3. The molecule has 132 valence electrons. The van der Waals surface area contributed by atoms with Crippen LogP contribution in [0.25, 0.3) is 11.1 Å². The molecule has 26 heavy (non-hydrogen) atoms. The molecule has 3 rings (SSSR count). The summed E-state index contributed by atoms with van der Waals surface area (Å²) in [5.41, 5.74) is 3.08. The molecule has 0 radical (unpaired) electrons. The quantitative estimate of drug-likeness (QED) is 0.666. The van der Waals surface area contributed by atoms with E-state index in [0.717, 1.165) is 17.2 Å². The molecule has 3 aromatic rings. The van der Waals surface area contributed by atoms with Crippen LogP contribution in [-0.2, 0) is 4.74 Å². The molecule has 1 aromatic heterocycles. The van der Waals surface area contributed by atoms with Gasteiger partial charge in [-0.1, -0.05) is 35.9 Å². The second kappa shape index (κ2) is 7.49. The highest BCUT2D eigenvalue weighted by Crippen LogP contribution is 2.36. The lowest BCUT2D eigenvalue weighted by molar-refractivity contribution is 0.0603. The van der Waals surface area contributed by atoms with Crippen LogP contribution >= 0.6 is 11.3 Å². The van der Waals surface area contributed by atoms with E-state index in [1.54, 1.807) is 5.38 Å². The number of esters is 1. The molecule has 1 amide bonds. The molecule has 0 saturated heterocycles. The number of hydrogen-bond acceptors (Lipinski definition) is 4. The van der Waals surface area contributed by atoms with Crippen molar-refractivity contribution in [2.45, 2.75) is 6.92 Å². The van der Waals surface area contributed by atoms with Gasteiger partial charge in [-0.25, -0.2) is 9.18 Å². The second-order valence-electron chi connectivity index (χ2n) is 5.68. The summed E-state index contributed by atoms with van der Waals surface area (Å²) < 4.78 is 18.2. The monoisotopic (exact) mass is 369 g/mol. The third-order valence-electron chi connectivity index (χ3n) is 3.86. The van der Waals surface area contributed by atoms with Gasteiger partial charge in [-0.3, -0.25) is 4.79 Å². The maximum atomic E-state index is 13.3. The Hall–Kier alpha value is -2.99. The summed E-state index contributed by atoms with van der Waals surface area (Å²) in [4.78, 5) is 24.7. The molecule has 4 nitrogen and oxygen atoms in total. The van der Waals surface area contributed by atoms with E-state index in [-0.39, 0.29) is 11.1 Å². The van der Waals surface area contributed by atoms with Crippen molar-refractivity contribution in [2.24, 2.45) is 0 Å². The SMILES string of the molecule is COC(=O)c1c(-c2ccc(C)cc2)csc1NC(=O)c1cccc(F)c1. The fourth-order valence-electron chi connectivity index (χ4n) is 2.51. The highest BCUT2D eigenvalue weighted by atomic mass is 32.1. The summed E-state index contributed by atoms with van der Waals surface area (Å²) in [6.07, 6.45) is 0. The van der Waals surface area contributed by atoms with Gasteiger partial charge in [0.05, 0.1) is 7.11 Å². The lowest BCUT2D eigenvalue weighted by atomic mass is 10.0. The van der Waals surface area contributed by atoms with Crippen LogP contribution in [0.4, 0.5) is 9.39 Å². The number of methoxy groups -OCH3 is 1. The Morgan fingerprint density at radius 2 is 1.85 bits per heavy atom. The molecule has 0 fully saturated rings. The van der Waals surface area contributed by atoms with Gasteiger partial charge >= 0.3 is 5.97 Å². The van der Waals surface area contributed by atoms with Crippen LogP contribution in [0.3, 0.4) is 0 Å². The Bertz CT molecular complexity index is 963. The minimum Gasteiger partial charge on any atom is -0.465 e. The zero-order valence-electron chi connectivity index (χ0n) is 14.2. The smallest absolute Gasteiger partial charge is 0.341 e. The predicted molar refractivity (Wildman–Crippen MR) is 100 cm³/mol. The van der Waals surface area contributed by atoms with Gasteiger partial charge < -0.3 is 10.1 Å². The average Bonchev–Trinajstić information content (AvgIpc) is 3.05. The van der Waals surface area contributed by atoms with Crippen LogP contribution < -0.4 is 5.32 Å². The number of anilines is 1. The van der Waals surface area contributed by atoms with Crippen molar-refractivity contribution in [3.8, 4) is 11.1 Å². The first-order valence-corrected chi connectivity index (χ1v) is 8.71. The predicted octanol–water partition coefficient (Wildman–Crippen LogP) is 4.90. The number of rotatable bonds is 4. The summed E-state index contributed by atoms with van der Waals surface area (Å²) in [7, 11) is 1.29. The van der Waals surface area contributed by atoms with E-state index >= 15 is 0 Å². The van der Waals surface area contributed by atoms with E-state index in [2.05, 4.69) is 5.32 Å². The van der Waals surface area contributed by atoms with Gasteiger partial charge in [-0.2, -0.15) is 0 Å². The average molecular weight is 369 g/mol. The van der Waals surface area contributed by atoms with Crippen molar-refractivity contribution in [1.82, 2.24) is 0 Å². The van der Waals surface area contributed by atoms with Crippen molar-refractivity contribution < 1.29 is 18.7 Å². The maximum Gasteiger partial charge on any atom is 0.341 e. The van der Waals surface area contributed by atoms with Crippen molar-refractivity contribution in [3.63, 3.8) is 0 Å². The number of ether oxygens (including phenoxy) is 1. The molecular formula is C20H16FNO3S. The standard InChI is InChI=1S/C20H16FNO3S/c1-12-6-8-13(9-7-12)16-11-26-19(17(16)20(24)25-2)22-18(23)14-4-3-5-15(21)10-14/h3-11H,1-2H3,(H,22,23). The van der Waals surface area contributed by atoms with Crippen molar-refractivity contribution >= 4 is 28.2 Å². The number of hydrogen-bond donors (Lipinski definition) is 1. The van der Waals surface area contributed by atoms with Crippen molar-refractivity contribution in [1.29, 1.82) is 0 Å². The molecule has 6 heteroatoms. The number of carbonyl (C=O) groups is 2. The first kappa shape index (κ1) is 17.8. The molecule has 0 aliphatic rings. The van der Waals surface area contributed by atoms with Gasteiger partial charge in [0, 0.05) is 16.5 Å². The topological polar surface area (TPSA) is 55.4 Å². The molecule has 0 bridgehead atoms. The zero-order valence-corrected chi connectivity index (χ0v) is 15.0. The number of nitrogens with one attached hydrogen (secondary N) is 1. The number of aryl methyl sites for hydroxylation is 1. The molecule has 2 aromatic carbocycles. The number of amides is 1. The molecule has 0 spiro atoms. The number of thiophene rings is 1. The van der Waals surface area contributed by atoms with Crippen LogP contribution in [0.5, 0.6) is 0 Å². The molecule has 1 N–H and O–H groups in total. The zero-order chi connectivity index (χ0) is 18.7. The van der Waals surface area contributed by atoms with Gasteiger partial charge in [0.2, 0.25) is 0 Å². The summed E-state index contributed by atoms with van der Waals surface area (Å²) in [6, 6.07) is 13.1. The molecule has 0 unspecified atom stereocenters. The lowest BCUT2D eigenvalue weighted by Gasteiger charge is -2.08. The van der Waals surface area contributed by atoms with E-state index in [1.165, 1.54) is 36.6 Å². The fourth-order valence-corrected chi connectivity index (χ4v) is 3.46. The molecule has 0 saturated carbocycles. The minimum atomic E-state index is -0.545. The molecule has 1 heterocycles. The van der Waals surface area contributed by atoms with Gasteiger partial charge in [0.15, 0.2) is 0 Å². The number of halogens is 1.